The number of benzene rings is 1. The van der Waals surface area contributed by atoms with Gasteiger partial charge in [0.1, 0.15) is 0 Å². The molecule has 0 saturated heterocycles. The summed E-state index contributed by atoms with van der Waals surface area (Å²) in [4.78, 5) is 11.7. The van der Waals surface area contributed by atoms with Crippen LogP contribution in [0.4, 0.5) is 0 Å². The van der Waals surface area contributed by atoms with Crippen LogP contribution in [0, 0.1) is 5.41 Å². The van der Waals surface area contributed by atoms with Crippen LogP contribution in [-0.2, 0) is 4.79 Å². The Hall–Kier alpha value is -0.790. The van der Waals surface area contributed by atoms with Gasteiger partial charge in [-0.2, -0.15) is 0 Å². The normalized spacial score (nSPS) is 19.1. The second kappa shape index (κ2) is 4.47. The monoisotopic (exact) mass is 268 g/mol. The predicted octanol–water partition coefficient (Wildman–Crippen LogP) is 4.77. The molecule has 1 nitrogen and oxygen atoms in total. The van der Waals surface area contributed by atoms with Crippen molar-refractivity contribution in [2.45, 2.75) is 26.7 Å². The smallest absolute Gasteiger partial charge is 0.156 e. The molecule has 3 heteroatoms. The maximum atomic E-state index is 11.7. The highest BCUT2D eigenvalue weighted by molar-refractivity contribution is 6.42. The highest BCUT2D eigenvalue weighted by Crippen LogP contribution is 2.39. The van der Waals surface area contributed by atoms with Gasteiger partial charge in [0.25, 0.3) is 0 Å². The van der Waals surface area contributed by atoms with Crippen molar-refractivity contribution in [3.63, 3.8) is 0 Å². The minimum Gasteiger partial charge on any atom is -0.295 e. The Bertz CT molecular complexity index is 501. The molecule has 0 aliphatic heterocycles. The predicted molar refractivity (Wildman–Crippen MR) is 72.5 cm³/mol. The lowest BCUT2D eigenvalue weighted by atomic mass is 9.75. The topological polar surface area (TPSA) is 17.1 Å². The minimum absolute atomic E-state index is 0.0211. The molecule has 0 unspecified atom stereocenters. The van der Waals surface area contributed by atoms with Crippen LogP contribution in [0.15, 0.2) is 24.3 Å². The number of carbonyl (C=O) groups excluding carboxylic acids is 1. The third-order valence-electron chi connectivity index (χ3n) is 2.95. The molecule has 1 aromatic rings. The van der Waals surface area contributed by atoms with E-state index in [2.05, 4.69) is 13.8 Å². The van der Waals surface area contributed by atoms with Gasteiger partial charge in [-0.25, -0.2) is 0 Å². The fourth-order valence-corrected chi connectivity index (χ4v) is 2.53. The van der Waals surface area contributed by atoms with Gasteiger partial charge < -0.3 is 0 Å². The molecule has 0 heterocycles. The molecular formula is C14H14Cl2O. The van der Waals surface area contributed by atoms with Gasteiger partial charge in [0.05, 0.1) is 10.0 Å². The van der Waals surface area contributed by atoms with Crippen molar-refractivity contribution in [3.05, 3.63) is 39.9 Å². The van der Waals surface area contributed by atoms with E-state index >= 15 is 0 Å². The van der Waals surface area contributed by atoms with Crippen molar-refractivity contribution in [2.24, 2.45) is 5.41 Å². The largest absolute Gasteiger partial charge is 0.295 e. The van der Waals surface area contributed by atoms with E-state index in [0.717, 1.165) is 17.6 Å². The summed E-state index contributed by atoms with van der Waals surface area (Å²) in [5.41, 5.74) is 2.05. The molecule has 90 valence electrons. The molecule has 0 aromatic heterocycles. The van der Waals surface area contributed by atoms with E-state index in [4.69, 9.17) is 23.2 Å². The first-order valence-corrected chi connectivity index (χ1v) is 6.32. The second-order valence-electron chi connectivity index (χ2n) is 5.28. The lowest BCUT2D eigenvalue weighted by Crippen LogP contribution is -2.21. The van der Waals surface area contributed by atoms with Crippen LogP contribution in [0.3, 0.4) is 0 Å². The Morgan fingerprint density at radius 3 is 2.41 bits per heavy atom. The zero-order valence-electron chi connectivity index (χ0n) is 9.89. The number of allylic oxidation sites excluding steroid dienone is 2. The van der Waals surface area contributed by atoms with E-state index in [-0.39, 0.29) is 11.2 Å². The van der Waals surface area contributed by atoms with E-state index in [9.17, 15) is 4.79 Å². The van der Waals surface area contributed by atoms with Gasteiger partial charge in [0.2, 0.25) is 0 Å². The molecule has 0 saturated carbocycles. The molecule has 17 heavy (non-hydrogen) atoms. The van der Waals surface area contributed by atoms with Crippen molar-refractivity contribution in [3.8, 4) is 0 Å². The summed E-state index contributed by atoms with van der Waals surface area (Å²) >= 11 is 11.9. The highest BCUT2D eigenvalue weighted by Gasteiger charge is 2.27. The summed E-state index contributed by atoms with van der Waals surface area (Å²) in [6.07, 6.45) is 3.22. The van der Waals surface area contributed by atoms with Crippen molar-refractivity contribution < 1.29 is 4.79 Å². The van der Waals surface area contributed by atoms with Crippen LogP contribution < -0.4 is 0 Å². The Labute approximate surface area is 111 Å². The van der Waals surface area contributed by atoms with Gasteiger partial charge in [0, 0.05) is 6.42 Å². The number of hydrogen-bond acceptors (Lipinski definition) is 1. The second-order valence-corrected chi connectivity index (χ2v) is 6.10. The van der Waals surface area contributed by atoms with Gasteiger partial charge >= 0.3 is 0 Å². The Balaban J connectivity index is 2.39. The average Bonchev–Trinajstić information content (AvgIpc) is 2.19. The molecule has 1 aliphatic rings. The SMILES string of the molecule is CC1(C)CC(=O)C=C(c2ccc(Cl)c(Cl)c2)C1. The van der Waals surface area contributed by atoms with Crippen LogP contribution >= 0.6 is 23.2 Å². The summed E-state index contributed by atoms with van der Waals surface area (Å²) in [5.74, 6) is 0.183. The van der Waals surface area contributed by atoms with Gasteiger partial charge in [-0.1, -0.05) is 43.1 Å². The van der Waals surface area contributed by atoms with E-state index in [1.165, 1.54) is 0 Å². The van der Waals surface area contributed by atoms with Gasteiger partial charge in [-0.3, -0.25) is 4.79 Å². The Morgan fingerprint density at radius 1 is 1.12 bits per heavy atom. The van der Waals surface area contributed by atoms with Gasteiger partial charge in [-0.15, -0.1) is 0 Å². The maximum absolute atomic E-state index is 11.7. The zero-order valence-corrected chi connectivity index (χ0v) is 11.4. The number of halogens is 2. The molecule has 0 bridgehead atoms. The summed E-state index contributed by atoms with van der Waals surface area (Å²) in [7, 11) is 0. The van der Waals surface area contributed by atoms with Crippen molar-refractivity contribution in [1.82, 2.24) is 0 Å². The van der Waals surface area contributed by atoms with E-state index in [1.54, 1.807) is 12.1 Å². The third kappa shape index (κ3) is 2.91. The standard InChI is InChI=1S/C14H14Cl2O/c1-14(2)7-10(5-11(17)8-14)9-3-4-12(15)13(16)6-9/h3-6H,7-8H2,1-2H3. The molecule has 0 N–H and O–H groups in total. The van der Waals surface area contributed by atoms with Gasteiger partial charge in [-0.05, 0) is 41.2 Å². The maximum Gasteiger partial charge on any atom is 0.156 e. The fraction of sp³-hybridized carbons (Fsp3) is 0.357. The van der Waals surface area contributed by atoms with Gasteiger partial charge in [0.15, 0.2) is 5.78 Å². The highest BCUT2D eigenvalue weighted by atomic mass is 35.5. The average molecular weight is 269 g/mol. The minimum atomic E-state index is 0.0211. The third-order valence-corrected chi connectivity index (χ3v) is 3.69. The lowest BCUT2D eigenvalue weighted by Gasteiger charge is -2.29. The molecular weight excluding hydrogens is 255 g/mol. The van der Waals surface area contributed by atoms with E-state index in [0.29, 0.717) is 16.5 Å². The number of carbonyl (C=O) groups is 1. The first kappa shape index (κ1) is 12.7. The number of hydrogen-bond donors (Lipinski definition) is 0. The molecule has 1 aromatic carbocycles. The number of ketones is 1. The van der Waals surface area contributed by atoms with E-state index < -0.39 is 0 Å². The lowest BCUT2D eigenvalue weighted by molar-refractivity contribution is -0.116. The van der Waals surface area contributed by atoms with E-state index in [1.807, 2.05) is 12.1 Å². The molecule has 0 spiro atoms. The Morgan fingerprint density at radius 2 is 1.82 bits per heavy atom. The Kier molecular flexibility index (Phi) is 3.33. The summed E-state index contributed by atoms with van der Waals surface area (Å²) < 4.78 is 0. The first-order valence-electron chi connectivity index (χ1n) is 5.56. The molecule has 0 radical (unpaired) electrons. The van der Waals surface area contributed by atoms with Crippen LogP contribution in [0.25, 0.3) is 5.57 Å². The van der Waals surface area contributed by atoms with Crippen LogP contribution in [0.1, 0.15) is 32.3 Å². The number of rotatable bonds is 1. The van der Waals surface area contributed by atoms with Crippen LogP contribution in [0.5, 0.6) is 0 Å². The summed E-state index contributed by atoms with van der Waals surface area (Å²) in [6, 6.07) is 5.51. The molecule has 0 fully saturated rings. The molecule has 1 aliphatic carbocycles. The quantitative estimate of drug-likeness (QED) is 0.718. The summed E-state index contributed by atoms with van der Waals surface area (Å²) in [5, 5.41) is 1.07. The zero-order chi connectivity index (χ0) is 12.6. The van der Waals surface area contributed by atoms with Crippen molar-refractivity contribution >= 4 is 34.6 Å². The fourth-order valence-electron chi connectivity index (χ4n) is 2.23. The van der Waals surface area contributed by atoms with Crippen molar-refractivity contribution in [1.29, 1.82) is 0 Å². The summed E-state index contributed by atoms with van der Waals surface area (Å²) in [6.45, 7) is 4.21. The van der Waals surface area contributed by atoms with Crippen molar-refractivity contribution in [2.75, 3.05) is 0 Å². The molecule has 0 amide bonds. The molecule has 0 atom stereocenters. The molecule has 2 rings (SSSR count). The van der Waals surface area contributed by atoms with Crippen LogP contribution in [0.2, 0.25) is 10.0 Å². The van der Waals surface area contributed by atoms with Crippen LogP contribution in [-0.4, -0.2) is 5.78 Å². The first-order chi connectivity index (χ1) is 7.87.